The van der Waals surface area contributed by atoms with Crippen LogP contribution in [0.2, 0.25) is 5.02 Å². The molecule has 0 radical (unpaired) electrons. The topological polar surface area (TPSA) is 46.1 Å². The van der Waals surface area contributed by atoms with Gasteiger partial charge in [-0.25, -0.2) is 9.97 Å². The fourth-order valence-corrected chi connectivity index (χ4v) is 4.10. The molecule has 0 unspecified atom stereocenters. The molecule has 0 N–H and O–H groups in total. The van der Waals surface area contributed by atoms with E-state index in [0.717, 1.165) is 33.0 Å². The Labute approximate surface area is 184 Å². The Hall–Kier alpha value is -2.89. The molecule has 0 saturated heterocycles. The van der Waals surface area contributed by atoms with Gasteiger partial charge in [-0.15, -0.1) is 0 Å². The number of carbonyl (C=O) groups excluding carboxylic acids is 1. The Kier molecular flexibility index (Phi) is 6.31. The molecule has 1 aromatic heterocycles. The van der Waals surface area contributed by atoms with Crippen LogP contribution >= 0.6 is 23.4 Å². The number of anilines is 1. The Bertz CT molecular complexity index is 1170. The molecule has 3 aromatic carbocycles. The number of halogens is 1. The molecule has 0 aliphatic heterocycles. The summed E-state index contributed by atoms with van der Waals surface area (Å²) in [5, 5.41) is 1.48. The molecule has 4 rings (SSSR count). The van der Waals surface area contributed by atoms with Crippen molar-refractivity contribution in [3.63, 3.8) is 0 Å². The second kappa shape index (κ2) is 9.28. The minimum absolute atomic E-state index is 0.0126. The number of hydrogen-bond acceptors (Lipinski definition) is 4. The van der Waals surface area contributed by atoms with Gasteiger partial charge in [-0.1, -0.05) is 65.8 Å². The average Bonchev–Trinajstić information content (AvgIpc) is 2.79. The maximum atomic E-state index is 12.7. The molecule has 0 atom stereocenters. The van der Waals surface area contributed by atoms with Crippen molar-refractivity contribution in [1.82, 2.24) is 9.97 Å². The van der Waals surface area contributed by atoms with Gasteiger partial charge in [-0.3, -0.25) is 4.79 Å². The summed E-state index contributed by atoms with van der Waals surface area (Å²) in [6, 6.07) is 25.1. The lowest BCUT2D eigenvalue weighted by atomic mass is 10.1. The first kappa shape index (κ1) is 20.4. The van der Waals surface area contributed by atoms with Crippen molar-refractivity contribution in [3.8, 4) is 0 Å². The zero-order valence-corrected chi connectivity index (χ0v) is 18.0. The number of rotatable bonds is 6. The number of hydrogen-bond donors (Lipinski definition) is 0. The quantitative estimate of drug-likeness (QED) is 0.370. The van der Waals surface area contributed by atoms with E-state index in [1.165, 1.54) is 11.8 Å². The zero-order valence-electron chi connectivity index (χ0n) is 16.5. The molecule has 4 nitrogen and oxygen atoms in total. The van der Waals surface area contributed by atoms with Gasteiger partial charge >= 0.3 is 0 Å². The van der Waals surface area contributed by atoms with Crippen LogP contribution < -0.4 is 4.90 Å². The Morgan fingerprint density at radius 1 is 0.900 bits per heavy atom. The van der Waals surface area contributed by atoms with Crippen LogP contribution in [0, 0.1) is 0 Å². The number of fused-ring (bicyclic) bond motifs is 1. The molecule has 0 spiro atoms. The largest absolute Gasteiger partial charge is 0.315 e. The molecule has 0 fully saturated rings. The molecular formula is C24H20ClN3OS. The number of benzene rings is 3. The van der Waals surface area contributed by atoms with Gasteiger partial charge in [0.25, 0.3) is 0 Å². The third-order valence-corrected chi connectivity index (χ3v) is 5.98. The van der Waals surface area contributed by atoms with E-state index >= 15 is 0 Å². The first-order valence-electron chi connectivity index (χ1n) is 9.54. The third kappa shape index (κ3) is 4.81. The molecule has 0 saturated carbocycles. The van der Waals surface area contributed by atoms with E-state index in [1.54, 1.807) is 11.9 Å². The second-order valence-electron chi connectivity index (χ2n) is 6.84. The Balaban J connectivity index is 1.58. The van der Waals surface area contributed by atoms with E-state index in [-0.39, 0.29) is 11.7 Å². The number of para-hydroxylation sites is 3. The summed E-state index contributed by atoms with van der Waals surface area (Å²) < 4.78 is 0. The molecule has 0 bridgehead atoms. The predicted octanol–water partition coefficient (Wildman–Crippen LogP) is 5.63. The van der Waals surface area contributed by atoms with Gasteiger partial charge in [-0.2, -0.15) is 0 Å². The lowest BCUT2D eigenvalue weighted by molar-refractivity contribution is -0.115. The molecule has 1 amide bonds. The Morgan fingerprint density at radius 2 is 1.53 bits per heavy atom. The lowest BCUT2D eigenvalue weighted by Gasteiger charge is -2.17. The van der Waals surface area contributed by atoms with Crippen LogP contribution in [0.1, 0.15) is 11.3 Å². The standard InChI is InChI=1S/C24H20ClN3OS/c1-28(19-7-3-2-4-8-19)23(29)16-30-24-22(15-17-11-13-18(25)14-12-17)26-20-9-5-6-10-21(20)27-24/h2-14H,15-16H2,1H3. The SMILES string of the molecule is CN(C(=O)CSc1nc2ccccc2nc1Cc1ccc(Cl)cc1)c1ccccc1. The van der Waals surface area contributed by atoms with Crippen LogP contribution in [0.25, 0.3) is 11.0 Å². The van der Waals surface area contributed by atoms with Crippen molar-refractivity contribution in [3.05, 3.63) is 95.1 Å². The van der Waals surface area contributed by atoms with Gasteiger partial charge in [0, 0.05) is 24.2 Å². The highest BCUT2D eigenvalue weighted by atomic mass is 35.5. The van der Waals surface area contributed by atoms with E-state index < -0.39 is 0 Å². The number of amides is 1. The molecule has 6 heteroatoms. The summed E-state index contributed by atoms with van der Waals surface area (Å²) in [7, 11) is 1.79. The first-order valence-corrected chi connectivity index (χ1v) is 10.9. The van der Waals surface area contributed by atoms with Crippen LogP contribution in [-0.4, -0.2) is 28.7 Å². The minimum atomic E-state index is 0.0126. The molecular weight excluding hydrogens is 414 g/mol. The number of aromatic nitrogens is 2. The third-order valence-electron chi connectivity index (χ3n) is 4.74. The predicted molar refractivity (Wildman–Crippen MR) is 124 cm³/mol. The van der Waals surface area contributed by atoms with Crippen LogP contribution in [0.5, 0.6) is 0 Å². The van der Waals surface area contributed by atoms with Crippen LogP contribution in [-0.2, 0) is 11.2 Å². The van der Waals surface area contributed by atoms with Crippen LogP contribution in [0.3, 0.4) is 0 Å². The van der Waals surface area contributed by atoms with Crippen molar-refractivity contribution in [1.29, 1.82) is 0 Å². The molecule has 0 aliphatic carbocycles. The van der Waals surface area contributed by atoms with E-state index in [2.05, 4.69) is 0 Å². The monoisotopic (exact) mass is 433 g/mol. The fraction of sp³-hybridized carbons (Fsp3) is 0.125. The maximum Gasteiger partial charge on any atom is 0.237 e. The summed E-state index contributed by atoms with van der Waals surface area (Å²) in [6.45, 7) is 0. The zero-order chi connectivity index (χ0) is 20.9. The van der Waals surface area contributed by atoms with E-state index in [4.69, 9.17) is 21.6 Å². The average molecular weight is 434 g/mol. The normalized spacial score (nSPS) is 10.9. The summed E-state index contributed by atoms with van der Waals surface area (Å²) in [4.78, 5) is 24.0. The van der Waals surface area contributed by atoms with Gasteiger partial charge in [0.05, 0.1) is 22.5 Å². The number of carbonyl (C=O) groups is 1. The first-order chi connectivity index (χ1) is 14.6. The highest BCUT2D eigenvalue weighted by Crippen LogP contribution is 2.26. The number of nitrogens with zero attached hydrogens (tertiary/aromatic N) is 3. The van der Waals surface area contributed by atoms with Gasteiger partial charge in [0.2, 0.25) is 5.91 Å². The summed E-state index contributed by atoms with van der Waals surface area (Å²) in [5.41, 5.74) is 4.49. The van der Waals surface area contributed by atoms with E-state index in [0.29, 0.717) is 11.4 Å². The molecule has 150 valence electrons. The highest BCUT2D eigenvalue weighted by molar-refractivity contribution is 8.00. The Morgan fingerprint density at radius 3 is 2.23 bits per heavy atom. The van der Waals surface area contributed by atoms with Gasteiger partial charge in [0.1, 0.15) is 5.03 Å². The smallest absolute Gasteiger partial charge is 0.237 e. The van der Waals surface area contributed by atoms with Crippen molar-refractivity contribution < 1.29 is 4.79 Å². The van der Waals surface area contributed by atoms with Crippen molar-refractivity contribution >= 4 is 46.0 Å². The van der Waals surface area contributed by atoms with Crippen molar-refractivity contribution in [2.75, 3.05) is 17.7 Å². The van der Waals surface area contributed by atoms with Crippen molar-refractivity contribution in [2.45, 2.75) is 11.4 Å². The molecule has 4 aromatic rings. The lowest BCUT2D eigenvalue weighted by Crippen LogP contribution is -2.27. The molecule has 0 aliphatic rings. The molecule has 30 heavy (non-hydrogen) atoms. The summed E-state index contributed by atoms with van der Waals surface area (Å²) in [6.07, 6.45) is 0.625. The summed E-state index contributed by atoms with van der Waals surface area (Å²) in [5.74, 6) is 0.296. The highest BCUT2D eigenvalue weighted by Gasteiger charge is 2.15. The maximum absolute atomic E-state index is 12.7. The number of thioether (sulfide) groups is 1. The van der Waals surface area contributed by atoms with Gasteiger partial charge in [0.15, 0.2) is 0 Å². The summed E-state index contributed by atoms with van der Waals surface area (Å²) >= 11 is 7.44. The minimum Gasteiger partial charge on any atom is -0.315 e. The van der Waals surface area contributed by atoms with E-state index in [9.17, 15) is 4.79 Å². The van der Waals surface area contributed by atoms with Crippen LogP contribution in [0.15, 0.2) is 83.9 Å². The fourth-order valence-electron chi connectivity index (χ4n) is 3.07. The second-order valence-corrected chi connectivity index (χ2v) is 8.24. The van der Waals surface area contributed by atoms with Crippen molar-refractivity contribution in [2.24, 2.45) is 0 Å². The van der Waals surface area contributed by atoms with Gasteiger partial charge in [-0.05, 0) is 42.0 Å². The molecule has 1 heterocycles. The van der Waals surface area contributed by atoms with E-state index in [1.807, 2.05) is 78.9 Å². The van der Waals surface area contributed by atoms with Gasteiger partial charge < -0.3 is 4.90 Å². The van der Waals surface area contributed by atoms with Crippen LogP contribution in [0.4, 0.5) is 5.69 Å².